The van der Waals surface area contributed by atoms with E-state index in [0.29, 0.717) is 13.0 Å². The number of carbonyl (C=O) groups is 1. The molecule has 4 heterocycles. The number of nitrogens with zero attached hydrogens (tertiary/aromatic N) is 1. The Balaban J connectivity index is 1.47. The number of anilines is 1. The van der Waals surface area contributed by atoms with Crippen molar-refractivity contribution in [2.45, 2.75) is 57.5 Å². The van der Waals surface area contributed by atoms with Gasteiger partial charge in [-0.1, -0.05) is 6.08 Å². The fourth-order valence-corrected chi connectivity index (χ4v) is 4.43. The van der Waals surface area contributed by atoms with Crippen LogP contribution in [0.15, 0.2) is 30.0 Å². The average molecular weight is 396 g/mol. The summed E-state index contributed by atoms with van der Waals surface area (Å²) >= 11 is 0. The molecule has 6 heteroatoms. The van der Waals surface area contributed by atoms with Gasteiger partial charge in [0.25, 0.3) is 0 Å². The lowest BCUT2D eigenvalue weighted by atomic mass is 9.95. The molecular weight excluding hydrogens is 368 g/mol. The summed E-state index contributed by atoms with van der Waals surface area (Å²) in [5.74, 6) is 0.783. The highest BCUT2D eigenvalue weighted by molar-refractivity contribution is 5.96. The SMILES string of the molecule is CC1=CC(c2cc3c(c(OCC4CCCCO4)c2)NC(=O)CC3)=CN(C)C2OC12. The minimum atomic E-state index is 0.0467. The Morgan fingerprint density at radius 3 is 3.00 bits per heavy atom. The molecule has 2 fully saturated rings. The van der Waals surface area contributed by atoms with E-state index in [0.717, 1.165) is 54.0 Å². The Labute approximate surface area is 171 Å². The van der Waals surface area contributed by atoms with Crippen LogP contribution in [0.3, 0.4) is 0 Å². The van der Waals surface area contributed by atoms with E-state index >= 15 is 0 Å². The molecule has 3 atom stereocenters. The Kier molecular flexibility index (Phi) is 4.84. The molecule has 1 amide bonds. The van der Waals surface area contributed by atoms with Crippen LogP contribution in [0, 0.1) is 0 Å². The summed E-state index contributed by atoms with van der Waals surface area (Å²) in [4.78, 5) is 14.1. The summed E-state index contributed by atoms with van der Waals surface area (Å²) in [6.07, 6.45) is 9.34. The van der Waals surface area contributed by atoms with Crippen molar-refractivity contribution in [2.75, 3.05) is 25.6 Å². The number of carbonyl (C=O) groups excluding carboxylic acids is 1. The van der Waals surface area contributed by atoms with Gasteiger partial charge in [0.1, 0.15) is 18.5 Å². The Morgan fingerprint density at radius 1 is 1.28 bits per heavy atom. The quantitative estimate of drug-likeness (QED) is 0.790. The van der Waals surface area contributed by atoms with Crippen LogP contribution in [-0.4, -0.2) is 49.5 Å². The highest BCUT2D eigenvalue weighted by Crippen LogP contribution is 2.40. The number of rotatable bonds is 4. The summed E-state index contributed by atoms with van der Waals surface area (Å²) in [5, 5.41) is 3.02. The normalized spacial score (nSPS) is 28.4. The third kappa shape index (κ3) is 3.79. The first-order chi connectivity index (χ1) is 14.1. The van der Waals surface area contributed by atoms with Crippen LogP contribution in [0.2, 0.25) is 0 Å². The zero-order valence-corrected chi connectivity index (χ0v) is 17.1. The maximum Gasteiger partial charge on any atom is 0.224 e. The van der Waals surface area contributed by atoms with Gasteiger partial charge in [-0.25, -0.2) is 0 Å². The number of epoxide rings is 1. The molecule has 3 unspecified atom stereocenters. The molecule has 0 aliphatic carbocycles. The Hall–Kier alpha value is -2.31. The monoisotopic (exact) mass is 396 g/mol. The number of allylic oxidation sites excluding steroid dienone is 2. The first kappa shape index (κ1) is 18.7. The van der Waals surface area contributed by atoms with Crippen LogP contribution in [0.1, 0.15) is 43.7 Å². The zero-order valence-electron chi connectivity index (χ0n) is 17.1. The van der Waals surface area contributed by atoms with E-state index in [1.807, 2.05) is 7.05 Å². The molecule has 5 rings (SSSR count). The summed E-state index contributed by atoms with van der Waals surface area (Å²) in [6, 6.07) is 4.23. The van der Waals surface area contributed by atoms with E-state index in [2.05, 4.69) is 41.5 Å². The summed E-state index contributed by atoms with van der Waals surface area (Å²) in [7, 11) is 2.05. The fourth-order valence-electron chi connectivity index (χ4n) is 4.43. The van der Waals surface area contributed by atoms with Gasteiger partial charge in [0.2, 0.25) is 5.91 Å². The van der Waals surface area contributed by atoms with Gasteiger partial charge in [-0.05, 0) is 67.0 Å². The number of amides is 1. The molecule has 6 nitrogen and oxygen atoms in total. The van der Waals surface area contributed by atoms with Crippen molar-refractivity contribution >= 4 is 17.2 Å². The third-order valence-corrected chi connectivity index (χ3v) is 6.15. The summed E-state index contributed by atoms with van der Waals surface area (Å²) in [5.41, 5.74) is 5.41. The van der Waals surface area contributed by atoms with Gasteiger partial charge in [-0.3, -0.25) is 4.79 Å². The number of benzene rings is 1. The molecule has 4 aliphatic rings. The van der Waals surface area contributed by atoms with Gasteiger partial charge in [-0.15, -0.1) is 0 Å². The number of fused-ring (bicyclic) bond motifs is 2. The maximum atomic E-state index is 12.0. The second kappa shape index (κ2) is 7.50. The number of aryl methyl sites for hydroxylation is 1. The summed E-state index contributed by atoms with van der Waals surface area (Å²) < 4.78 is 17.8. The maximum absolute atomic E-state index is 12.0. The van der Waals surface area contributed by atoms with Crippen LogP contribution < -0.4 is 10.1 Å². The molecule has 0 saturated carbocycles. The van der Waals surface area contributed by atoms with Crippen molar-refractivity contribution in [3.8, 4) is 5.75 Å². The predicted molar refractivity (Wildman–Crippen MR) is 111 cm³/mol. The smallest absolute Gasteiger partial charge is 0.224 e. The standard InChI is InChI=1S/C23H28N2O4/c1-14-9-17(12-25(2)23-22(14)29-23)16-10-15-6-7-20(26)24-21(15)19(11-16)28-13-18-5-3-4-8-27-18/h9-12,18,22-23H,3-8,13H2,1-2H3,(H,24,26). The lowest BCUT2D eigenvalue weighted by molar-refractivity contribution is -0.116. The fraction of sp³-hybridized carbons (Fsp3) is 0.522. The first-order valence-corrected chi connectivity index (χ1v) is 10.6. The van der Waals surface area contributed by atoms with Crippen LogP contribution in [0.5, 0.6) is 5.75 Å². The van der Waals surface area contributed by atoms with E-state index in [1.165, 1.54) is 12.0 Å². The van der Waals surface area contributed by atoms with E-state index in [-0.39, 0.29) is 24.3 Å². The van der Waals surface area contributed by atoms with Crippen molar-refractivity contribution in [3.05, 3.63) is 41.1 Å². The van der Waals surface area contributed by atoms with Crippen molar-refractivity contribution < 1.29 is 19.0 Å². The van der Waals surface area contributed by atoms with Gasteiger partial charge >= 0.3 is 0 Å². The minimum absolute atomic E-state index is 0.0467. The molecule has 1 N–H and O–H groups in total. The molecular formula is C23H28N2O4. The Morgan fingerprint density at radius 2 is 2.17 bits per heavy atom. The molecule has 29 heavy (non-hydrogen) atoms. The van der Waals surface area contributed by atoms with Gasteiger partial charge in [0.15, 0.2) is 6.23 Å². The van der Waals surface area contributed by atoms with Crippen molar-refractivity contribution in [3.63, 3.8) is 0 Å². The Bertz CT molecular complexity index is 885. The van der Waals surface area contributed by atoms with Crippen LogP contribution in [0.4, 0.5) is 5.69 Å². The number of hydrogen-bond donors (Lipinski definition) is 1. The second-order valence-electron chi connectivity index (χ2n) is 8.44. The van der Waals surface area contributed by atoms with E-state index in [1.54, 1.807) is 0 Å². The predicted octanol–water partition coefficient (Wildman–Crippen LogP) is 3.48. The average Bonchev–Trinajstić information content (AvgIpc) is 3.54. The minimum Gasteiger partial charge on any atom is -0.489 e. The number of ether oxygens (including phenoxy) is 3. The third-order valence-electron chi connectivity index (χ3n) is 6.15. The molecule has 0 spiro atoms. The zero-order chi connectivity index (χ0) is 20.0. The molecule has 1 aromatic carbocycles. The van der Waals surface area contributed by atoms with Gasteiger partial charge in [0.05, 0.1) is 11.8 Å². The second-order valence-corrected chi connectivity index (χ2v) is 8.44. The molecule has 1 aromatic rings. The molecule has 0 aromatic heterocycles. The van der Waals surface area contributed by atoms with Crippen molar-refractivity contribution in [1.82, 2.24) is 4.90 Å². The molecule has 0 bridgehead atoms. The molecule has 4 aliphatic heterocycles. The van der Waals surface area contributed by atoms with E-state index in [9.17, 15) is 4.79 Å². The lowest BCUT2D eigenvalue weighted by Gasteiger charge is -2.26. The van der Waals surface area contributed by atoms with E-state index in [4.69, 9.17) is 14.2 Å². The van der Waals surface area contributed by atoms with Crippen LogP contribution >= 0.6 is 0 Å². The van der Waals surface area contributed by atoms with Gasteiger partial charge in [0, 0.05) is 26.3 Å². The number of nitrogens with one attached hydrogen (secondary N) is 1. The summed E-state index contributed by atoms with van der Waals surface area (Å²) in [6.45, 7) is 3.43. The number of hydrogen-bond acceptors (Lipinski definition) is 5. The highest BCUT2D eigenvalue weighted by atomic mass is 16.6. The van der Waals surface area contributed by atoms with Crippen LogP contribution in [-0.2, 0) is 20.7 Å². The van der Waals surface area contributed by atoms with Crippen LogP contribution in [0.25, 0.3) is 5.57 Å². The van der Waals surface area contributed by atoms with Crippen molar-refractivity contribution in [1.29, 1.82) is 0 Å². The van der Waals surface area contributed by atoms with Gasteiger partial charge < -0.3 is 24.4 Å². The molecule has 154 valence electrons. The topological polar surface area (TPSA) is 63.3 Å². The molecule has 2 saturated heterocycles. The largest absolute Gasteiger partial charge is 0.489 e. The lowest BCUT2D eigenvalue weighted by Crippen LogP contribution is -2.27. The first-order valence-electron chi connectivity index (χ1n) is 10.6. The molecule has 0 radical (unpaired) electrons. The van der Waals surface area contributed by atoms with Crippen molar-refractivity contribution in [2.24, 2.45) is 0 Å². The van der Waals surface area contributed by atoms with Gasteiger partial charge in [-0.2, -0.15) is 0 Å². The number of likely N-dealkylation sites (N-methyl/N-ethyl adjacent to an activating group) is 1. The highest BCUT2D eigenvalue weighted by Gasteiger charge is 2.44. The van der Waals surface area contributed by atoms with E-state index < -0.39 is 0 Å².